The first-order chi connectivity index (χ1) is 12.1. The van der Waals surface area contributed by atoms with Crippen molar-refractivity contribution in [2.45, 2.75) is 32.2 Å². The molecule has 0 atom stereocenters. The van der Waals surface area contributed by atoms with E-state index in [1.165, 1.54) is 0 Å². The molecule has 1 aliphatic heterocycles. The second-order valence-corrected chi connectivity index (χ2v) is 6.60. The summed E-state index contributed by atoms with van der Waals surface area (Å²) in [5.74, 6) is 0.132. The largest absolute Gasteiger partial charge is 0.349 e. The Hall–Kier alpha value is -2.62. The first kappa shape index (κ1) is 17.2. The van der Waals surface area contributed by atoms with Crippen molar-refractivity contribution in [1.29, 1.82) is 0 Å². The first-order valence-electron chi connectivity index (χ1n) is 8.81. The van der Waals surface area contributed by atoms with Crippen molar-refractivity contribution in [3.8, 4) is 0 Å². The molecule has 0 spiro atoms. The Morgan fingerprint density at radius 2 is 1.64 bits per heavy atom. The highest BCUT2D eigenvalue weighted by Crippen LogP contribution is 2.15. The summed E-state index contributed by atoms with van der Waals surface area (Å²) in [4.78, 5) is 26.6. The molecule has 0 bridgehead atoms. The van der Waals surface area contributed by atoms with Crippen LogP contribution in [0.4, 0.5) is 0 Å². The quantitative estimate of drug-likeness (QED) is 0.933. The average molecular weight is 336 g/mol. The van der Waals surface area contributed by atoms with Crippen molar-refractivity contribution in [3.63, 3.8) is 0 Å². The third kappa shape index (κ3) is 4.47. The number of nitrogens with one attached hydrogen (secondary N) is 1. The van der Waals surface area contributed by atoms with Gasteiger partial charge in [0, 0.05) is 24.7 Å². The lowest BCUT2D eigenvalue weighted by atomic mass is 10.0. The van der Waals surface area contributed by atoms with Crippen molar-refractivity contribution in [2.24, 2.45) is 0 Å². The van der Waals surface area contributed by atoms with E-state index in [1.54, 1.807) is 0 Å². The van der Waals surface area contributed by atoms with Crippen LogP contribution in [0.1, 0.15) is 34.3 Å². The van der Waals surface area contributed by atoms with Crippen LogP contribution < -0.4 is 5.32 Å². The topological polar surface area (TPSA) is 49.4 Å². The maximum atomic E-state index is 12.5. The van der Waals surface area contributed by atoms with E-state index in [1.807, 2.05) is 66.4 Å². The van der Waals surface area contributed by atoms with Gasteiger partial charge in [0.25, 0.3) is 5.91 Å². The van der Waals surface area contributed by atoms with Crippen LogP contribution in [0.3, 0.4) is 0 Å². The molecule has 0 saturated carbocycles. The van der Waals surface area contributed by atoms with Gasteiger partial charge in [-0.2, -0.15) is 0 Å². The normalized spacial score (nSPS) is 15.0. The number of carbonyl (C=O) groups is 2. The third-order valence-electron chi connectivity index (χ3n) is 4.82. The van der Waals surface area contributed by atoms with Crippen LogP contribution in [0.25, 0.3) is 0 Å². The molecule has 0 radical (unpaired) electrons. The molecule has 3 rings (SSSR count). The van der Waals surface area contributed by atoms with Crippen molar-refractivity contribution >= 4 is 11.8 Å². The summed E-state index contributed by atoms with van der Waals surface area (Å²) >= 11 is 0. The summed E-state index contributed by atoms with van der Waals surface area (Å²) in [6, 6.07) is 17.4. The minimum absolute atomic E-state index is 0.0368. The number of piperidine rings is 1. The van der Waals surface area contributed by atoms with Crippen LogP contribution in [0, 0.1) is 6.92 Å². The molecular formula is C21H24N2O2. The van der Waals surface area contributed by atoms with Crippen molar-refractivity contribution in [3.05, 3.63) is 71.3 Å². The van der Waals surface area contributed by atoms with Gasteiger partial charge in [0.1, 0.15) is 0 Å². The Morgan fingerprint density at radius 1 is 1.00 bits per heavy atom. The van der Waals surface area contributed by atoms with E-state index in [0.717, 1.165) is 24.0 Å². The van der Waals surface area contributed by atoms with E-state index in [4.69, 9.17) is 0 Å². The average Bonchev–Trinajstić information content (AvgIpc) is 2.65. The predicted molar refractivity (Wildman–Crippen MR) is 98.4 cm³/mol. The van der Waals surface area contributed by atoms with Crippen LogP contribution in [0.5, 0.6) is 0 Å². The Labute approximate surface area is 148 Å². The fraction of sp³-hybridized carbons (Fsp3) is 0.333. The van der Waals surface area contributed by atoms with Crippen molar-refractivity contribution in [1.82, 2.24) is 10.2 Å². The zero-order valence-electron chi connectivity index (χ0n) is 14.6. The number of benzene rings is 2. The van der Waals surface area contributed by atoms with Gasteiger partial charge in [-0.15, -0.1) is 0 Å². The van der Waals surface area contributed by atoms with Gasteiger partial charge in [0.2, 0.25) is 5.91 Å². The SMILES string of the molecule is Cc1ccccc1CC(=O)N1CCC(NC(=O)c2ccccc2)CC1. The highest BCUT2D eigenvalue weighted by Gasteiger charge is 2.24. The van der Waals surface area contributed by atoms with E-state index in [-0.39, 0.29) is 17.9 Å². The number of likely N-dealkylation sites (tertiary alicyclic amines) is 1. The molecule has 0 aliphatic carbocycles. The maximum absolute atomic E-state index is 12.5. The van der Waals surface area contributed by atoms with E-state index in [9.17, 15) is 9.59 Å². The lowest BCUT2D eigenvalue weighted by Crippen LogP contribution is -2.47. The summed E-state index contributed by atoms with van der Waals surface area (Å²) in [6.45, 7) is 3.43. The Bertz CT molecular complexity index is 735. The molecular weight excluding hydrogens is 312 g/mol. The highest BCUT2D eigenvalue weighted by atomic mass is 16.2. The molecule has 2 amide bonds. The fourth-order valence-corrected chi connectivity index (χ4v) is 3.21. The molecule has 25 heavy (non-hydrogen) atoms. The number of hydrogen-bond donors (Lipinski definition) is 1. The molecule has 1 heterocycles. The second-order valence-electron chi connectivity index (χ2n) is 6.60. The molecule has 1 N–H and O–H groups in total. The summed E-state index contributed by atoms with van der Waals surface area (Å²) in [5, 5.41) is 3.08. The molecule has 1 fully saturated rings. The molecule has 0 aromatic heterocycles. The molecule has 4 heteroatoms. The summed E-state index contributed by atoms with van der Waals surface area (Å²) < 4.78 is 0. The molecule has 2 aromatic rings. The number of nitrogens with zero attached hydrogens (tertiary/aromatic N) is 1. The Balaban J connectivity index is 1.49. The van der Waals surface area contributed by atoms with Gasteiger partial charge in [-0.3, -0.25) is 9.59 Å². The number of rotatable bonds is 4. The molecule has 1 saturated heterocycles. The van der Waals surface area contributed by atoms with E-state index in [0.29, 0.717) is 25.1 Å². The van der Waals surface area contributed by atoms with Crippen molar-refractivity contribution < 1.29 is 9.59 Å². The van der Waals surface area contributed by atoms with Gasteiger partial charge in [-0.25, -0.2) is 0 Å². The van der Waals surface area contributed by atoms with Gasteiger partial charge in [-0.1, -0.05) is 42.5 Å². The number of hydrogen-bond acceptors (Lipinski definition) is 2. The standard InChI is InChI=1S/C21H24N2O2/c1-16-7-5-6-10-18(16)15-20(24)23-13-11-19(12-14-23)22-21(25)17-8-3-2-4-9-17/h2-10,19H,11-15H2,1H3,(H,22,25). The van der Waals surface area contributed by atoms with Gasteiger partial charge < -0.3 is 10.2 Å². The Kier molecular flexibility index (Phi) is 5.49. The van der Waals surface area contributed by atoms with Gasteiger partial charge >= 0.3 is 0 Å². The highest BCUT2D eigenvalue weighted by molar-refractivity contribution is 5.94. The maximum Gasteiger partial charge on any atom is 0.251 e. The number of carbonyl (C=O) groups excluding carboxylic acids is 2. The van der Waals surface area contributed by atoms with Crippen LogP contribution in [0.15, 0.2) is 54.6 Å². The lowest BCUT2D eigenvalue weighted by Gasteiger charge is -2.32. The minimum Gasteiger partial charge on any atom is -0.349 e. The van der Waals surface area contributed by atoms with Gasteiger partial charge in [0.15, 0.2) is 0 Å². The van der Waals surface area contributed by atoms with Crippen LogP contribution in [-0.4, -0.2) is 35.8 Å². The zero-order chi connectivity index (χ0) is 17.6. The zero-order valence-corrected chi connectivity index (χ0v) is 14.6. The molecule has 1 aliphatic rings. The number of aryl methyl sites for hydroxylation is 1. The van der Waals surface area contributed by atoms with E-state index in [2.05, 4.69) is 5.32 Å². The van der Waals surface area contributed by atoms with Gasteiger partial charge in [0.05, 0.1) is 6.42 Å². The molecule has 0 unspecified atom stereocenters. The van der Waals surface area contributed by atoms with Crippen molar-refractivity contribution in [2.75, 3.05) is 13.1 Å². The molecule has 130 valence electrons. The number of amides is 2. The minimum atomic E-state index is -0.0368. The monoisotopic (exact) mass is 336 g/mol. The second kappa shape index (κ2) is 7.97. The Morgan fingerprint density at radius 3 is 2.32 bits per heavy atom. The van der Waals surface area contributed by atoms with E-state index < -0.39 is 0 Å². The summed E-state index contributed by atoms with van der Waals surface area (Å²) in [5.41, 5.74) is 2.92. The van der Waals surface area contributed by atoms with E-state index >= 15 is 0 Å². The molecule has 4 nitrogen and oxygen atoms in total. The van der Waals surface area contributed by atoms with Crippen LogP contribution >= 0.6 is 0 Å². The fourth-order valence-electron chi connectivity index (χ4n) is 3.21. The van der Waals surface area contributed by atoms with Crippen LogP contribution in [0.2, 0.25) is 0 Å². The smallest absolute Gasteiger partial charge is 0.251 e. The van der Waals surface area contributed by atoms with Gasteiger partial charge in [-0.05, 0) is 43.0 Å². The molecule has 2 aromatic carbocycles. The van der Waals surface area contributed by atoms with Crippen LogP contribution in [-0.2, 0) is 11.2 Å². The third-order valence-corrected chi connectivity index (χ3v) is 4.82. The summed E-state index contributed by atoms with van der Waals surface area (Å²) in [6.07, 6.45) is 2.06. The lowest BCUT2D eigenvalue weighted by molar-refractivity contribution is -0.131. The first-order valence-corrected chi connectivity index (χ1v) is 8.81. The summed E-state index contributed by atoms with van der Waals surface area (Å²) in [7, 11) is 0. The predicted octanol–water partition coefficient (Wildman–Crippen LogP) is 2.96.